The average molecular weight is 286 g/mol. The molecule has 0 aliphatic carbocycles. The van der Waals surface area contributed by atoms with Gasteiger partial charge in [0.2, 0.25) is 0 Å². The number of nitrogens with two attached hydrogens (primary N) is 1. The summed E-state index contributed by atoms with van der Waals surface area (Å²) in [6.45, 7) is 1.47. The quantitative estimate of drug-likeness (QED) is 0.764. The molecule has 0 atom stereocenters. The number of hydrogen-bond donors (Lipinski definition) is 1. The van der Waals surface area contributed by atoms with Crippen LogP contribution >= 0.6 is 0 Å². The van der Waals surface area contributed by atoms with Crippen molar-refractivity contribution < 1.29 is 9.53 Å². The fraction of sp³-hybridized carbons (Fsp3) is 0.400. The predicted molar refractivity (Wildman–Crippen MR) is 78.2 cm³/mol. The number of amides is 1. The number of nitrogens with zero attached hydrogens (tertiary/aromatic N) is 3. The van der Waals surface area contributed by atoms with Crippen LogP contribution in [0.4, 0.5) is 0 Å². The highest BCUT2D eigenvalue weighted by Gasteiger charge is 2.16. The van der Waals surface area contributed by atoms with E-state index in [4.69, 9.17) is 15.7 Å². The molecule has 1 amide bonds. The Bertz CT molecular complexity index is 552. The minimum absolute atomic E-state index is 0.222. The van der Waals surface area contributed by atoms with Crippen molar-refractivity contribution in [2.45, 2.75) is 6.42 Å². The van der Waals surface area contributed by atoms with Crippen LogP contribution in [0.15, 0.2) is 18.3 Å². The van der Waals surface area contributed by atoms with E-state index in [9.17, 15) is 4.79 Å². The number of hydrogen-bond acceptors (Lipinski definition) is 5. The van der Waals surface area contributed by atoms with Gasteiger partial charge in [0.25, 0.3) is 5.91 Å². The van der Waals surface area contributed by atoms with Gasteiger partial charge < -0.3 is 15.4 Å². The van der Waals surface area contributed by atoms with Gasteiger partial charge in [-0.05, 0) is 12.1 Å². The summed E-state index contributed by atoms with van der Waals surface area (Å²) < 4.78 is 4.97. The summed E-state index contributed by atoms with van der Waals surface area (Å²) >= 11 is 0. The first-order chi connectivity index (χ1) is 10.2. The number of nitriles is 1. The van der Waals surface area contributed by atoms with Crippen LogP contribution in [-0.4, -0.2) is 49.1 Å². The van der Waals surface area contributed by atoms with Gasteiger partial charge in [-0.1, -0.05) is 11.8 Å². The zero-order valence-electron chi connectivity index (χ0n) is 12.0. The van der Waals surface area contributed by atoms with Crippen molar-refractivity contribution in [3.8, 4) is 17.9 Å². The SMILES string of the molecule is COCCN(CCC#N)C(=O)c1ccc(C#CCN)cn1. The molecule has 1 aromatic heterocycles. The first-order valence-corrected chi connectivity index (χ1v) is 6.53. The summed E-state index contributed by atoms with van der Waals surface area (Å²) in [6, 6.07) is 5.37. The molecule has 2 N–H and O–H groups in total. The smallest absolute Gasteiger partial charge is 0.272 e. The maximum absolute atomic E-state index is 12.3. The van der Waals surface area contributed by atoms with Crippen LogP contribution in [0.2, 0.25) is 0 Å². The lowest BCUT2D eigenvalue weighted by atomic mass is 10.2. The minimum atomic E-state index is -0.222. The predicted octanol–water partition coefficient (Wildman–Crippen LogP) is 0.394. The lowest BCUT2D eigenvalue weighted by molar-refractivity contribution is 0.0694. The molecule has 0 spiro atoms. The number of pyridine rings is 1. The molecule has 0 radical (unpaired) electrons. The fourth-order valence-corrected chi connectivity index (χ4v) is 1.61. The molecular formula is C15H18N4O2. The van der Waals surface area contributed by atoms with Gasteiger partial charge in [0.1, 0.15) is 5.69 Å². The minimum Gasteiger partial charge on any atom is -0.383 e. The highest BCUT2D eigenvalue weighted by molar-refractivity contribution is 5.92. The first kappa shape index (κ1) is 16.6. The second-order valence-corrected chi connectivity index (χ2v) is 4.13. The second-order valence-electron chi connectivity index (χ2n) is 4.13. The van der Waals surface area contributed by atoms with Gasteiger partial charge in [0.15, 0.2) is 0 Å². The van der Waals surface area contributed by atoms with Crippen molar-refractivity contribution in [2.75, 3.05) is 33.4 Å². The Balaban J connectivity index is 2.79. The number of rotatable bonds is 6. The first-order valence-electron chi connectivity index (χ1n) is 6.53. The van der Waals surface area contributed by atoms with Gasteiger partial charge >= 0.3 is 0 Å². The third-order valence-electron chi connectivity index (χ3n) is 2.66. The number of methoxy groups -OCH3 is 1. The van der Waals surface area contributed by atoms with Crippen molar-refractivity contribution in [1.82, 2.24) is 9.88 Å². The Labute approximate surface area is 124 Å². The van der Waals surface area contributed by atoms with E-state index < -0.39 is 0 Å². The molecule has 110 valence electrons. The Morgan fingerprint density at radius 2 is 2.29 bits per heavy atom. The lowest BCUT2D eigenvalue weighted by Crippen LogP contribution is -2.35. The van der Waals surface area contributed by atoms with E-state index in [0.29, 0.717) is 31.0 Å². The summed E-state index contributed by atoms with van der Waals surface area (Å²) in [7, 11) is 1.57. The van der Waals surface area contributed by atoms with Crippen LogP contribution in [0.25, 0.3) is 0 Å². The highest BCUT2D eigenvalue weighted by atomic mass is 16.5. The standard InChI is InChI=1S/C15H18N4O2/c1-21-11-10-19(9-3-8-17)15(20)14-6-5-13(12-18-14)4-2-7-16/h5-6,12H,3,7,9-11,16H2,1H3. The molecule has 0 aliphatic heterocycles. The third kappa shape index (κ3) is 5.62. The average Bonchev–Trinajstić information content (AvgIpc) is 2.53. The van der Waals surface area contributed by atoms with Crippen LogP contribution in [0.3, 0.4) is 0 Å². The van der Waals surface area contributed by atoms with Crippen molar-refractivity contribution in [1.29, 1.82) is 5.26 Å². The van der Waals surface area contributed by atoms with Gasteiger partial charge in [-0.2, -0.15) is 5.26 Å². The number of aromatic nitrogens is 1. The summed E-state index contributed by atoms with van der Waals surface area (Å²) in [5.74, 6) is 5.34. The third-order valence-corrected chi connectivity index (χ3v) is 2.66. The maximum Gasteiger partial charge on any atom is 0.272 e. The molecule has 0 saturated heterocycles. The molecule has 0 fully saturated rings. The van der Waals surface area contributed by atoms with Crippen molar-refractivity contribution in [3.63, 3.8) is 0 Å². The fourth-order valence-electron chi connectivity index (χ4n) is 1.61. The molecular weight excluding hydrogens is 268 g/mol. The normalized spacial score (nSPS) is 9.38. The molecule has 6 heteroatoms. The maximum atomic E-state index is 12.3. The molecule has 21 heavy (non-hydrogen) atoms. The van der Waals surface area contributed by atoms with Gasteiger partial charge in [0.05, 0.1) is 25.6 Å². The van der Waals surface area contributed by atoms with E-state index in [1.54, 1.807) is 24.1 Å². The number of ether oxygens (including phenoxy) is 1. The summed E-state index contributed by atoms with van der Waals surface area (Å²) in [5.41, 5.74) is 6.32. The van der Waals surface area contributed by atoms with Crippen LogP contribution in [-0.2, 0) is 4.74 Å². The molecule has 1 rings (SSSR count). The molecule has 6 nitrogen and oxygen atoms in total. The molecule has 0 bridgehead atoms. The molecule has 0 saturated carbocycles. The van der Waals surface area contributed by atoms with E-state index >= 15 is 0 Å². The van der Waals surface area contributed by atoms with Crippen LogP contribution in [0.1, 0.15) is 22.5 Å². The Hall–Kier alpha value is -2.41. The molecule has 1 aromatic rings. The van der Waals surface area contributed by atoms with Gasteiger partial charge in [-0.3, -0.25) is 4.79 Å². The summed E-state index contributed by atoms with van der Waals surface area (Å²) in [4.78, 5) is 18.0. The largest absolute Gasteiger partial charge is 0.383 e. The lowest BCUT2D eigenvalue weighted by Gasteiger charge is -2.20. The van der Waals surface area contributed by atoms with E-state index in [-0.39, 0.29) is 18.9 Å². The second kappa shape index (κ2) is 9.49. The van der Waals surface area contributed by atoms with E-state index in [1.165, 1.54) is 6.20 Å². The topological polar surface area (TPSA) is 92.2 Å². The summed E-state index contributed by atoms with van der Waals surface area (Å²) in [6.07, 6.45) is 1.81. The molecule has 0 aliphatic rings. The van der Waals surface area contributed by atoms with Crippen molar-refractivity contribution in [3.05, 3.63) is 29.6 Å². The molecule has 1 heterocycles. The van der Waals surface area contributed by atoms with Crippen LogP contribution in [0, 0.1) is 23.2 Å². The molecule has 0 aromatic carbocycles. The number of carbonyl (C=O) groups excluding carboxylic acids is 1. The summed E-state index contributed by atoms with van der Waals surface area (Å²) in [5, 5.41) is 8.65. The zero-order chi connectivity index (χ0) is 15.5. The Morgan fingerprint density at radius 1 is 1.48 bits per heavy atom. The monoisotopic (exact) mass is 286 g/mol. The Morgan fingerprint density at radius 3 is 2.86 bits per heavy atom. The molecule has 0 unspecified atom stereocenters. The van der Waals surface area contributed by atoms with E-state index in [1.807, 2.05) is 6.07 Å². The van der Waals surface area contributed by atoms with Crippen molar-refractivity contribution in [2.24, 2.45) is 5.73 Å². The zero-order valence-corrected chi connectivity index (χ0v) is 12.0. The van der Waals surface area contributed by atoms with E-state index in [2.05, 4.69) is 16.8 Å². The van der Waals surface area contributed by atoms with Crippen LogP contribution in [0.5, 0.6) is 0 Å². The van der Waals surface area contributed by atoms with Gasteiger partial charge in [0, 0.05) is 32.0 Å². The van der Waals surface area contributed by atoms with Gasteiger partial charge in [-0.25, -0.2) is 4.98 Å². The highest BCUT2D eigenvalue weighted by Crippen LogP contribution is 2.05. The Kier molecular flexibility index (Phi) is 7.52. The van der Waals surface area contributed by atoms with E-state index in [0.717, 1.165) is 0 Å². The van der Waals surface area contributed by atoms with Gasteiger partial charge in [-0.15, -0.1) is 0 Å². The van der Waals surface area contributed by atoms with Crippen molar-refractivity contribution >= 4 is 5.91 Å². The number of carbonyl (C=O) groups is 1. The van der Waals surface area contributed by atoms with Crippen LogP contribution < -0.4 is 5.73 Å².